The lowest BCUT2D eigenvalue weighted by Crippen LogP contribution is -2.54. The number of rotatable bonds is 17. The molecule has 2 aliphatic rings. The summed E-state index contributed by atoms with van der Waals surface area (Å²) in [4.78, 5) is 84.7. The Hall–Kier alpha value is -5.96. The fraction of sp³-hybridized carbons (Fsp3) is 0.455. The van der Waals surface area contributed by atoms with Crippen LogP contribution < -0.4 is 20.9 Å². The number of anilines is 3. The largest absolute Gasteiger partial charge is 0.453 e. The first kappa shape index (κ1) is 44.1. The first-order valence-corrected chi connectivity index (χ1v) is 20.2. The second-order valence-electron chi connectivity index (χ2n) is 15.5. The van der Waals surface area contributed by atoms with Crippen molar-refractivity contribution in [2.75, 3.05) is 42.8 Å². The van der Waals surface area contributed by atoms with E-state index in [1.165, 1.54) is 14.2 Å². The fourth-order valence-corrected chi connectivity index (χ4v) is 7.46. The summed E-state index contributed by atoms with van der Waals surface area (Å²) in [6, 6.07) is 22.7. The van der Waals surface area contributed by atoms with E-state index in [4.69, 9.17) is 9.62 Å². The lowest BCUT2D eigenvalue weighted by Gasteiger charge is -2.30. The summed E-state index contributed by atoms with van der Waals surface area (Å²) in [5.74, 6) is -1.34. The van der Waals surface area contributed by atoms with E-state index >= 15 is 0 Å². The van der Waals surface area contributed by atoms with Gasteiger partial charge < -0.3 is 40.3 Å². The Bertz CT molecular complexity index is 1910. The third-order valence-corrected chi connectivity index (χ3v) is 10.6. The number of hydrogen-bond donors (Lipinski definition) is 3. The molecule has 5 amide bonds. The number of carbonyl (C=O) groups is 5. The van der Waals surface area contributed by atoms with Crippen molar-refractivity contribution >= 4 is 53.2 Å². The van der Waals surface area contributed by atoms with Gasteiger partial charge in [0.1, 0.15) is 24.2 Å². The van der Waals surface area contributed by atoms with E-state index in [9.17, 15) is 24.0 Å². The molecule has 2 heterocycles. The Kier molecular flexibility index (Phi) is 15.8. The number of benzene rings is 3. The molecule has 316 valence electrons. The molecule has 0 unspecified atom stereocenters. The number of nitrogens with one attached hydrogen (secondary N) is 3. The van der Waals surface area contributed by atoms with E-state index in [1.54, 1.807) is 9.80 Å². The van der Waals surface area contributed by atoms with E-state index in [1.807, 2.05) is 94.4 Å². The van der Waals surface area contributed by atoms with Gasteiger partial charge in [0, 0.05) is 43.2 Å². The summed E-state index contributed by atoms with van der Waals surface area (Å²) in [5, 5.41) is 8.60. The van der Waals surface area contributed by atoms with Crippen LogP contribution in [0, 0.1) is 11.8 Å². The van der Waals surface area contributed by atoms with Crippen LogP contribution in [-0.4, -0.2) is 97.4 Å². The van der Waals surface area contributed by atoms with Crippen LogP contribution in [0.5, 0.6) is 0 Å². The molecule has 4 atom stereocenters. The number of carbonyl (C=O) groups excluding carboxylic acids is 5. The minimum Gasteiger partial charge on any atom is -0.453 e. The van der Waals surface area contributed by atoms with Gasteiger partial charge in [0.25, 0.3) is 0 Å². The predicted octanol–water partition coefficient (Wildman–Crippen LogP) is 5.76. The number of alkyl carbamates (subject to hydrolysis) is 1. The number of likely N-dealkylation sites (tertiary alicyclic amines) is 2. The van der Waals surface area contributed by atoms with Crippen molar-refractivity contribution in [3.8, 4) is 0 Å². The van der Waals surface area contributed by atoms with Crippen LogP contribution in [0.15, 0.2) is 83.9 Å². The topological polar surface area (TPSA) is 171 Å². The van der Waals surface area contributed by atoms with Crippen LogP contribution in [0.1, 0.15) is 64.5 Å². The van der Waals surface area contributed by atoms with Gasteiger partial charge in [-0.25, -0.2) is 9.79 Å². The zero-order chi connectivity index (χ0) is 42.5. The molecule has 0 radical (unpaired) electrons. The van der Waals surface area contributed by atoms with Gasteiger partial charge in [-0.2, -0.15) is 4.89 Å². The van der Waals surface area contributed by atoms with E-state index in [-0.39, 0.29) is 35.5 Å². The third-order valence-electron chi connectivity index (χ3n) is 10.6. The quantitative estimate of drug-likeness (QED) is 0.0664. The minimum atomic E-state index is -0.805. The number of methoxy groups -OCH3 is 1. The average molecular weight is 812 g/mol. The highest BCUT2D eigenvalue weighted by atomic mass is 17.2. The van der Waals surface area contributed by atoms with Crippen molar-refractivity contribution in [3.63, 3.8) is 0 Å². The average Bonchev–Trinajstić information content (AvgIpc) is 3.94. The van der Waals surface area contributed by atoms with Crippen LogP contribution in [0.25, 0.3) is 0 Å². The van der Waals surface area contributed by atoms with Crippen molar-refractivity contribution < 1.29 is 38.5 Å². The van der Waals surface area contributed by atoms with Crippen LogP contribution in [0.2, 0.25) is 0 Å². The van der Waals surface area contributed by atoms with Crippen molar-refractivity contribution in [1.29, 1.82) is 0 Å². The van der Waals surface area contributed by atoms with Crippen molar-refractivity contribution in [2.24, 2.45) is 16.8 Å². The molecule has 3 aromatic carbocycles. The lowest BCUT2D eigenvalue weighted by molar-refractivity contribution is -0.188. The number of hydrogen-bond acceptors (Lipinski definition) is 10. The van der Waals surface area contributed by atoms with E-state index < -0.39 is 30.3 Å². The van der Waals surface area contributed by atoms with Gasteiger partial charge in [-0.15, -0.1) is 0 Å². The number of amides is 5. The lowest BCUT2D eigenvalue weighted by atomic mass is 10.0. The van der Waals surface area contributed by atoms with Gasteiger partial charge in [0.05, 0.1) is 14.2 Å². The highest BCUT2D eigenvalue weighted by Crippen LogP contribution is 2.26. The standard InChI is InChI=1S/C44H57N7O8/c1-29(2)38(45-28-59-58-6)42(54)50-24-10-14-36(50)40(52)46-33-20-16-31(17-21-33)26-49(35-12-8-7-9-13-35)27-32-18-22-34(23-19-32)47-41(53)37-15-11-25-51(37)43(55)39(30(3)4)48-44(56)57-5/h7-9,12-13,16-23,28-30,36-39H,10-11,14-15,24-27H2,1-6H3,(H,46,52)(H,47,53)(H,48,56)/b45-28-/t36-,37-,38+,39+/m0/s1. The summed E-state index contributed by atoms with van der Waals surface area (Å²) < 4.78 is 4.71. The maximum Gasteiger partial charge on any atom is 0.407 e. The molecule has 3 N–H and O–H groups in total. The van der Waals surface area contributed by atoms with Gasteiger partial charge >= 0.3 is 6.09 Å². The normalized spacial score (nSPS) is 17.5. The molecule has 5 rings (SSSR count). The molecule has 0 aromatic heterocycles. The minimum absolute atomic E-state index is 0.102. The van der Waals surface area contributed by atoms with Gasteiger partial charge in [0.2, 0.25) is 30.0 Å². The summed E-state index contributed by atoms with van der Waals surface area (Å²) in [6.45, 7) is 9.53. The van der Waals surface area contributed by atoms with Crippen LogP contribution >= 0.6 is 0 Å². The summed E-state index contributed by atoms with van der Waals surface area (Å²) in [6.07, 6.45) is 2.92. The summed E-state index contributed by atoms with van der Waals surface area (Å²) >= 11 is 0. The zero-order valence-electron chi connectivity index (χ0n) is 34.8. The Morgan fingerprint density at radius 3 is 1.69 bits per heavy atom. The van der Waals surface area contributed by atoms with Gasteiger partial charge in [-0.05, 0) is 85.0 Å². The highest BCUT2D eigenvalue weighted by molar-refractivity contribution is 5.99. The molecule has 0 aliphatic carbocycles. The van der Waals surface area contributed by atoms with E-state index in [2.05, 4.69) is 42.9 Å². The number of aliphatic imine (C=N–C) groups is 1. The number of para-hydroxylation sites is 1. The van der Waals surface area contributed by atoms with E-state index in [0.29, 0.717) is 56.8 Å². The first-order chi connectivity index (χ1) is 28.4. The maximum absolute atomic E-state index is 13.5. The molecule has 0 saturated carbocycles. The molecular weight excluding hydrogens is 755 g/mol. The number of ether oxygens (including phenoxy) is 1. The van der Waals surface area contributed by atoms with Crippen LogP contribution in [-0.2, 0) is 46.8 Å². The Labute approximate surface area is 346 Å². The number of nitrogens with zero attached hydrogens (tertiary/aromatic N) is 4. The smallest absolute Gasteiger partial charge is 0.407 e. The van der Waals surface area contributed by atoms with E-state index in [0.717, 1.165) is 29.6 Å². The molecule has 0 bridgehead atoms. The van der Waals surface area contributed by atoms with Crippen LogP contribution in [0.4, 0.5) is 21.9 Å². The predicted molar refractivity (Wildman–Crippen MR) is 225 cm³/mol. The van der Waals surface area contributed by atoms with Gasteiger partial charge in [-0.3, -0.25) is 19.2 Å². The van der Waals surface area contributed by atoms with Crippen molar-refractivity contribution in [2.45, 2.75) is 90.6 Å². The van der Waals surface area contributed by atoms with Crippen molar-refractivity contribution in [1.82, 2.24) is 15.1 Å². The first-order valence-electron chi connectivity index (χ1n) is 20.2. The Balaban J connectivity index is 1.20. The van der Waals surface area contributed by atoms with Crippen molar-refractivity contribution in [3.05, 3.63) is 90.0 Å². The monoisotopic (exact) mass is 811 g/mol. The highest BCUT2D eigenvalue weighted by Gasteiger charge is 2.40. The maximum atomic E-state index is 13.5. The second-order valence-corrected chi connectivity index (χ2v) is 15.5. The van der Waals surface area contributed by atoms with Gasteiger partial charge in [-0.1, -0.05) is 70.2 Å². The Morgan fingerprint density at radius 1 is 0.729 bits per heavy atom. The molecule has 2 saturated heterocycles. The SMILES string of the molecule is COO/C=N\[C@@H](C(=O)N1CCC[C@H]1C(=O)Nc1ccc(CN(Cc2ccc(NC(=O)[C@@H]3CCCN3C(=O)[C@H](NC(=O)OC)C(C)C)cc2)c2ccccc2)cc1)C(C)C. The van der Waals surface area contributed by atoms with Gasteiger partial charge in [0.15, 0.2) is 0 Å². The zero-order valence-corrected chi connectivity index (χ0v) is 34.8. The molecule has 59 heavy (non-hydrogen) atoms. The molecule has 0 spiro atoms. The Morgan fingerprint density at radius 2 is 1.24 bits per heavy atom. The van der Waals surface area contributed by atoms with Crippen LogP contribution in [0.3, 0.4) is 0 Å². The summed E-state index contributed by atoms with van der Waals surface area (Å²) in [7, 11) is 2.60. The molecule has 2 aliphatic heterocycles. The molecule has 3 aromatic rings. The fourth-order valence-electron chi connectivity index (χ4n) is 7.46. The third kappa shape index (κ3) is 11.8. The molecule has 15 nitrogen and oxygen atoms in total. The molecule has 15 heteroatoms. The summed E-state index contributed by atoms with van der Waals surface area (Å²) in [5.41, 5.74) is 4.33. The second kappa shape index (κ2) is 21.2. The molecule has 2 fully saturated rings. The molecular formula is C44H57N7O8.